The minimum absolute atomic E-state index is 0.0419. The molecule has 4 nitrogen and oxygen atoms in total. The van der Waals surface area contributed by atoms with E-state index in [1.54, 1.807) is 28.8 Å². The summed E-state index contributed by atoms with van der Waals surface area (Å²) in [4.78, 5) is 27.3. The number of hydrogen-bond acceptors (Lipinski definition) is 3. The van der Waals surface area contributed by atoms with E-state index in [9.17, 15) is 9.59 Å². The number of thioether (sulfide) groups is 1. The molecule has 0 radical (unpaired) electrons. The van der Waals surface area contributed by atoms with E-state index >= 15 is 0 Å². The average molecular weight is 467 g/mol. The maximum atomic E-state index is 13.1. The van der Waals surface area contributed by atoms with Crippen LogP contribution in [0.1, 0.15) is 37.8 Å². The Balaban J connectivity index is 2.07. The van der Waals surface area contributed by atoms with Crippen molar-refractivity contribution in [3.63, 3.8) is 0 Å². The topological polar surface area (TPSA) is 49.4 Å². The monoisotopic (exact) mass is 466 g/mol. The largest absolute Gasteiger partial charge is 0.355 e. The van der Waals surface area contributed by atoms with Crippen LogP contribution in [0.2, 0.25) is 10.0 Å². The molecule has 0 heterocycles. The van der Waals surface area contributed by atoms with Gasteiger partial charge in [0.1, 0.15) is 6.04 Å². The fraction of sp³-hybridized carbons (Fsp3) is 0.391. The molecule has 0 bridgehead atoms. The molecule has 7 heteroatoms. The molecule has 162 valence electrons. The maximum Gasteiger partial charge on any atom is 0.242 e. The number of halogens is 2. The number of nitrogens with one attached hydrogen (secondary N) is 1. The summed E-state index contributed by atoms with van der Waals surface area (Å²) in [6.07, 6.45) is 0.908. The van der Waals surface area contributed by atoms with Crippen molar-refractivity contribution in [2.75, 3.05) is 12.3 Å². The number of carbonyl (C=O) groups is 2. The second-order valence-electron chi connectivity index (χ2n) is 6.88. The average Bonchev–Trinajstić information content (AvgIpc) is 2.74. The molecule has 2 amide bonds. The van der Waals surface area contributed by atoms with Crippen LogP contribution in [0.15, 0.2) is 48.5 Å². The van der Waals surface area contributed by atoms with Gasteiger partial charge >= 0.3 is 0 Å². The predicted molar refractivity (Wildman–Crippen MR) is 127 cm³/mol. The second-order valence-corrected chi connectivity index (χ2v) is 8.80. The summed E-state index contributed by atoms with van der Waals surface area (Å²) in [5, 5.41) is 3.74. The number of likely N-dealkylation sites (N-methyl/N-ethyl adjacent to an activating group) is 1. The van der Waals surface area contributed by atoms with Crippen LogP contribution in [0.3, 0.4) is 0 Å². The molecule has 0 spiro atoms. The van der Waals surface area contributed by atoms with Gasteiger partial charge in [-0.05, 0) is 36.6 Å². The molecule has 0 aliphatic heterocycles. The van der Waals surface area contributed by atoms with E-state index in [-0.39, 0.29) is 11.8 Å². The van der Waals surface area contributed by atoms with Crippen molar-refractivity contribution in [1.82, 2.24) is 10.2 Å². The van der Waals surface area contributed by atoms with E-state index in [1.165, 1.54) is 5.56 Å². The molecular weight excluding hydrogens is 439 g/mol. The Hall–Kier alpha value is -1.69. The highest BCUT2D eigenvalue weighted by molar-refractivity contribution is 7.98. The third kappa shape index (κ3) is 7.53. The zero-order chi connectivity index (χ0) is 21.9. The molecule has 1 unspecified atom stereocenters. The van der Waals surface area contributed by atoms with Crippen molar-refractivity contribution in [1.29, 1.82) is 0 Å². The molecule has 0 saturated carbocycles. The minimum atomic E-state index is -0.522. The van der Waals surface area contributed by atoms with Crippen LogP contribution in [0.5, 0.6) is 0 Å². The number of carbonyl (C=O) groups excluding carboxylic acids is 2. The molecule has 0 saturated heterocycles. The predicted octanol–water partition coefficient (Wildman–Crippen LogP) is 5.56. The van der Waals surface area contributed by atoms with Crippen LogP contribution in [-0.2, 0) is 21.9 Å². The van der Waals surface area contributed by atoms with Crippen LogP contribution in [0, 0.1) is 0 Å². The van der Waals surface area contributed by atoms with Crippen LogP contribution < -0.4 is 5.32 Å². The highest BCUT2D eigenvalue weighted by Crippen LogP contribution is 2.24. The minimum Gasteiger partial charge on any atom is -0.355 e. The van der Waals surface area contributed by atoms with Crippen LogP contribution >= 0.6 is 35.0 Å². The summed E-state index contributed by atoms with van der Waals surface area (Å²) < 4.78 is 0. The Morgan fingerprint density at radius 3 is 2.40 bits per heavy atom. The molecule has 30 heavy (non-hydrogen) atoms. The first kappa shape index (κ1) is 24.6. The van der Waals surface area contributed by atoms with Gasteiger partial charge in [-0.3, -0.25) is 9.59 Å². The fourth-order valence-corrected chi connectivity index (χ4v) is 4.33. The van der Waals surface area contributed by atoms with Crippen LogP contribution in [0.4, 0.5) is 0 Å². The number of rotatable bonds is 11. The lowest BCUT2D eigenvalue weighted by Crippen LogP contribution is -2.49. The molecule has 0 fully saturated rings. The third-order valence-electron chi connectivity index (χ3n) is 4.65. The van der Waals surface area contributed by atoms with Gasteiger partial charge in [0.2, 0.25) is 11.8 Å². The summed E-state index contributed by atoms with van der Waals surface area (Å²) in [7, 11) is 0. The van der Waals surface area contributed by atoms with Gasteiger partial charge in [-0.1, -0.05) is 66.5 Å². The van der Waals surface area contributed by atoms with Crippen molar-refractivity contribution < 1.29 is 9.59 Å². The van der Waals surface area contributed by atoms with Crippen LogP contribution in [0.25, 0.3) is 0 Å². The Morgan fingerprint density at radius 1 is 1.03 bits per heavy atom. The molecule has 2 aromatic carbocycles. The lowest BCUT2D eigenvalue weighted by atomic mass is 10.1. The fourth-order valence-electron chi connectivity index (χ4n) is 3.11. The van der Waals surface area contributed by atoms with E-state index in [0.717, 1.165) is 11.3 Å². The van der Waals surface area contributed by atoms with Gasteiger partial charge in [0.15, 0.2) is 0 Å². The van der Waals surface area contributed by atoms with Gasteiger partial charge in [0, 0.05) is 31.0 Å². The molecule has 0 aliphatic rings. The van der Waals surface area contributed by atoms with Crippen molar-refractivity contribution in [2.24, 2.45) is 0 Å². The first-order chi connectivity index (χ1) is 14.5. The van der Waals surface area contributed by atoms with Crippen molar-refractivity contribution in [3.05, 3.63) is 69.7 Å². The van der Waals surface area contributed by atoms with Crippen molar-refractivity contribution >= 4 is 46.8 Å². The van der Waals surface area contributed by atoms with E-state index in [0.29, 0.717) is 41.7 Å². The Kier molecular flexibility index (Phi) is 10.6. The molecule has 0 aliphatic carbocycles. The summed E-state index contributed by atoms with van der Waals surface area (Å²) in [5.41, 5.74) is 2.08. The van der Waals surface area contributed by atoms with E-state index in [1.807, 2.05) is 38.1 Å². The quantitative estimate of drug-likeness (QED) is 0.440. The molecule has 2 rings (SSSR count). The Labute approximate surface area is 193 Å². The first-order valence-corrected chi connectivity index (χ1v) is 12.0. The molecule has 1 atom stereocenters. The van der Waals surface area contributed by atoms with Gasteiger partial charge < -0.3 is 10.2 Å². The second kappa shape index (κ2) is 12.9. The first-order valence-electron chi connectivity index (χ1n) is 10.1. The molecular formula is C23H28Cl2N2O2S. The summed E-state index contributed by atoms with van der Waals surface area (Å²) in [5.74, 6) is 1.37. The standard InChI is InChI=1S/C23H28Cl2N2O2S/c1-3-21(23(29)26-4-2)27(15-18-10-11-19(24)20(25)14-18)22(28)12-13-30-16-17-8-6-5-7-9-17/h5-11,14,21H,3-4,12-13,15-16H2,1-2H3,(H,26,29). The zero-order valence-electron chi connectivity index (χ0n) is 17.4. The summed E-state index contributed by atoms with van der Waals surface area (Å²) >= 11 is 13.9. The highest BCUT2D eigenvalue weighted by atomic mass is 35.5. The molecule has 0 aromatic heterocycles. The number of hydrogen-bond donors (Lipinski definition) is 1. The van der Waals surface area contributed by atoms with E-state index in [4.69, 9.17) is 23.2 Å². The maximum absolute atomic E-state index is 13.1. The van der Waals surface area contributed by atoms with Gasteiger partial charge in [0.25, 0.3) is 0 Å². The third-order valence-corrected chi connectivity index (χ3v) is 6.41. The summed E-state index contributed by atoms with van der Waals surface area (Å²) in [6.45, 7) is 4.63. The van der Waals surface area contributed by atoms with Gasteiger partial charge in [-0.2, -0.15) is 11.8 Å². The van der Waals surface area contributed by atoms with Crippen molar-refractivity contribution in [3.8, 4) is 0 Å². The zero-order valence-corrected chi connectivity index (χ0v) is 19.7. The number of amides is 2. The smallest absolute Gasteiger partial charge is 0.242 e. The lowest BCUT2D eigenvalue weighted by molar-refractivity contribution is -0.141. The van der Waals surface area contributed by atoms with Gasteiger partial charge in [-0.15, -0.1) is 0 Å². The molecule has 1 N–H and O–H groups in total. The Morgan fingerprint density at radius 2 is 1.77 bits per heavy atom. The Bertz CT molecular complexity index is 833. The van der Waals surface area contributed by atoms with Crippen molar-refractivity contribution in [2.45, 2.75) is 45.0 Å². The SMILES string of the molecule is CCNC(=O)C(CC)N(Cc1ccc(Cl)c(Cl)c1)C(=O)CCSCc1ccccc1. The van der Waals surface area contributed by atoms with Crippen LogP contribution in [-0.4, -0.2) is 35.1 Å². The normalized spacial score (nSPS) is 11.7. The number of benzene rings is 2. The lowest BCUT2D eigenvalue weighted by Gasteiger charge is -2.30. The van der Waals surface area contributed by atoms with E-state index < -0.39 is 6.04 Å². The molecule has 2 aromatic rings. The summed E-state index contributed by atoms with van der Waals surface area (Å²) in [6, 6.07) is 14.9. The highest BCUT2D eigenvalue weighted by Gasteiger charge is 2.28. The van der Waals surface area contributed by atoms with Gasteiger partial charge in [-0.25, -0.2) is 0 Å². The van der Waals surface area contributed by atoms with E-state index in [2.05, 4.69) is 17.4 Å². The number of nitrogens with zero attached hydrogens (tertiary/aromatic N) is 1. The van der Waals surface area contributed by atoms with Gasteiger partial charge in [0.05, 0.1) is 10.0 Å².